The number of hydrogen-bond donors (Lipinski definition) is 4. The van der Waals surface area contributed by atoms with Crippen LogP contribution in [0.25, 0.3) is 22.5 Å². The molecule has 2 amide bonds. The van der Waals surface area contributed by atoms with E-state index in [0.717, 1.165) is 57.1 Å². The molecule has 0 radical (unpaired) electrons. The molecule has 71 heavy (non-hydrogen) atoms. The fourth-order valence-corrected chi connectivity index (χ4v) is 10.1. The molecule has 22 nitrogen and oxygen atoms in total. The van der Waals surface area contributed by atoms with E-state index in [2.05, 4.69) is 30.9 Å². The molecule has 4 N–H and O–H groups in total. The monoisotopic (exact) mass is 1020 g/mol. The maximum absolute atomic E-state index is 14.0. The van der Waals surface area contributed by atoms with E-state index in [4.69, 9.17) is 38.1 Å². The number of hydroxylamine groups is 2. The molecule has 2 aliphatic rings. The van der Waals surface area contributed by atoms with Gasteiger partial charge in [0.25, 0.3) is 17.6 Å². The second-order valence-electron chi connectivity index (χ2n) is 16.0. The molecule has 380 valence electrons. The van der Waals surface area contributed by atoms with Crippen molar-refractivity contribution in [1.82, 2.24) is 30.9 Å². The Kier molecular flexibility index (Phi) is 19.1. The van der Waals surface area contributed by atoms with Crippen molar-refractivity contribution in [3.8, 4) is 22.5 Å². The number of aromatic nitrogens is 4. The second-order valence-corrected chi connectivity index (χ2v) is 18.7. The van der Waals surface area contributed by atoms with Crippen LogP contribution in [0.1, 0.15) is 153 Å². The number of rotatable bonds is 25. The molecule has 1 aliphatic heterocycles. The van der Waals surface area contributed by atoms with Crippen LogP contribution in [-0.4, -0.2) is 134 Å². The SMILES string of the molecule is COC(=O)c1cc(C)c(-c2c(C(=O)OC)cc(C(=O)NOCCCCCCSSCCCCCCONC(=O)c3cc(C(=O)OC)c4c(n3)C(=O)C3(OCCO3)c3cc(C(=O)OC)[nH]c3-4)nc2C(C)=O)[nH]1. The summed E-state index contributed by atoms with van der Waals surface area (Å²) in [5.74, 6) is -5.89. The van der Waals surface area contributed by atoms with Crippen LogP contribution in [0, 0.1) is 6.92 Å². The van der Waals surface area contributed by atoms with E-state index in [9.17, 15) is 38.4 Å². The Morgan fingerprint density at radius 3 is 1.63 bits per heavy atom. The number of nitrogens with one attached hydrogen (secondary N) is 4. The quantitative estimate of drug-likeness (QED) is 0.0147. The summed E-state index contributed by atoms with van der Waals surface area (Å²) >= 11 is 0. The Morgan fingerprint density at radius 2 is 1.11 bits per heavy atom. The van der Waals surface area contributed by atoms with Gasteiger partial charge in [0.15, 0.2) is 5.78 Å². The third-order valence-corrected chi connectivity index (χ3v) is 13.8. The maximum Gasteiger partial charge on any atom is 0.354 e. The highest BCUT2D eigenvalue weighted by atomic mass is 33.1. The molecule has 0 aromatic carbocycles. The minimum Gasteiger partial charge on any atom is -0.465 e. The molecule has 4 aromatic rings. The van der Waals surface area contributed by atoms with Gasteiger partial charge in [-0.1, -0.05) is 47.3 Å². The molecule has 0 atom stereocenters. The number of carbonyl (C=O) groups excluding carboxylic acids is 8. The van der Waals surface area contributed by atoms with Crippen LogP contribution in [0.3, 0.4) is 0 Å². The number of ether oxygens (including phenoxy) is 6. The molecule has 0 unspecified atom stereocenters. The number of unbranched alkanes of at least 4 members (excludes halogenated alkanes) is 6. The van der Waals surface area contributed by atoms with Crippen molar-refractivity contribution in [2.75, 3.05) is 66.4 Å². The molecule has 1 fully saturated rings. The van der Waals surface area contributed by atoms with E-state index in [1.165, 1.54) is 52.5 Å². The number of aryl methyl sites for hydroxylation is 1. The van der Waals surface area contributed by atoms with Gasteiger partial charge in [-0.25, -0.2) is 40.1 Å². The molecule has 5 heterocycles. The van der Waals surface area contributed by atoms with Crippen LogP contribution in [0.15, 0.2) is 24.3 Å². The van der Waals surface area contributed by atoms with E-state index < -0.39 is 53.0 Å². The smallest absolute Gasteiger partial charge is 0.354 e. The predicted molar refractivity (Wildman–Crippen MR) is 255 cm³/mol. The normalized spacial score (nSPS) is 13.3. The number of fused-ring (bicyclic) bond motifs is 4. The molecular formula is C47H54N6O16S2. The van der Waals surface area contributed by atoms with E-state index in [1.54, 1.807) is 28.5 Å². The summed E-state index contributed by atoms with van der Waals surface area (Å²) in [6.45, 7) is 3.51. The first kappa shape index (κ1) is 53.9. The van der Waals surface area contributed by atoms with Gasteiger partial charge in [0, 0.05) is 35.1 Å². The van der Waals surface area contributed by atoms with Gasteiger partial charge in [-0.2, -0.15) is 0 Å². The summed E-state index contributed by atoms with van der Waals surface area (Å²) in [5.41, 5.74) is 4.74. The first-order valence-corrected chi connectivity index (χ1v) is 25.0. The lowest BCUT2D eigenvalue weighted by molar-refractivity contribution is -0.126. The summed E-state index contributed by atoms with van der Waals surface area (Å²) in [4.78, 5) is 129. The molecule has 0 saturated carbocycles. The second kappa shape index (κ2) is 25.1. The van der Waals surface area contributed by atoms with Gasteiger partial charge in [-0.15, -0.1) is 0 Å². The first-order valence-electron chi connectivity index (χ1n) is 22.5. The van der Waals surface area contributed by atoms with Gasteiger partial charge in [-0.3, -0.25) is 28.9 Å². The summed E-state index contributed by atoms with van der Waals surface area (Å²) in [6, 6.07) is 5.26. The number of hydrogen-bond acceptors (Lipinski definition) is 20. The molecule has 0 bridgehead atoms. The highest BCUT2D eigenvalue weighted by molar-refractivity contribution is 8.76. The number of nitrogens with zero attached hydrogens (tertiary/aromatic N) is 2. The summed E-state index contributed by atoms with van der Waals surface area (Å²) in [7, 11) is 8.34. The number of H-pyrrole nitrogens is 2. The lowest BCUT2D eigenvalue weighted by Crippen LogP contribution is -2.41. The van der Waals surface area contributed by atoms with Crippen LogP contribution in [0.5, 0.6) is 0 Å². The zero-order chi connectivity index (χ0) is 51.2. The van der Waals surface area contributed by atoms with Gasteiger partial charge in [0.1, 0.15) is 34.2 Å². The largest absolute Gasteiger partial charge is 0.465 e. The maximum atomic E-state index is 14.0. The lowest BCUT2D eigenvalue weighted by Gasteiger charge is -2.31. The van der Waals surface area contributed by atoms with Crippen molar-refractivity contribution < 1.29 is 76.5 Å². The van der Waals surface area contributed by atoms with Crippen LogP contribution < -0.4 is 11.0 Å². The number of methoxy groups -OCH3 is 4. The van der Waals surface area contributed by atoms with Crippen molar-refractivity contribution in [1.29, 1.82) is 0 Å². The average molecular weight is 1020 g/mol. The molecule has 1 aliphatic carbocycles. The Balaban J connectivity index is 0.847. The van der Waals surface area contributed by atoms with E-state index in [0.29, 0.717) is 18.4 Å². The van der Waals surface area contributed by atoms with Gasteiger partial charge in [0.2, 0.25) is 5.78 Å². The van der Waals surface area contributed by atoms with Gasteiger partial charge in [-0.05, 0) is 62.4 Å². The van der Waals surface area contributed by atoms with Crippen molar-refractivity contribution in [2.24, 2.45) is 0 Å². The lowest BCUT2D eigenvalue weighted by atomic mass is 9.85. The summed E-state index contributed by atoms with van der Waals surface area (Å²) in [5, 5.41) is 0. The van der Waals surface area contributed by atoms with Crippen molar-refractivity contribution in [3.05, 3.63) is 80.7 Å². The topological polar surface area (TPSA) is 292 Å². The molecular weight excluding hydrogens is 969 g/mol. The number of Topliss-reactive ketones (excluding diaryl/α,β-unsaturated/α-hetero) is 2. The molecule has 1 spiro atoms. The Labute approximate surface area is 415 Å². The highest BCUT2D eigenvalue weighted by Gasteiger charge is 2.55. The number of carbonyl (C=O) groups is 8. The van der Waals surface area contributed by atoms with Gasteiger partial charge < -0.3 is 38.4 Å². The van der Waals surface area contributed by atoms with Crippen molar-refractivity contribution in [2.45, 2.75) is 71.0 Å². The molecule has 4 aromatic heterocycles. The number of ketones is 2. The molecule has 6 rings (SSSR count). The highest BCUT2D eigenvalue weighted by Crippen LogP contribution is 2.47. The predicted octanol–water partition coefficient (Wildman–Crippen LogP) is 6.05. The summed E-state index contributed by atoms with van der Waals surface area (Å²) in [6.07, 6.45) is 7.02. The first-order chi connectivity index (χ1) is 34.2. The van der Waals surface area contributed by atoms with Gasteiger partial charge in [0.05, 0.1) is 77.4 Å². The van der Waals surface area contributed by atoms with Crippen molar-refractivity contribution in [3.63, 3.8) is 0 Å². The fraction of sp³-hybridized carbons (Fsp3) is 0.447. The Hall–Kier alpha value is -6.44. The average Bonchev–Trinajstić information content (AvgIpc) is 4.15. The van der Waals surface area contributed by atoms with Crippen LogP contribution in [0.4, 0.5) is 0 Å². The van der Waals surface area contributed by atoms with E-state index >= 15 is 0 Å². The zero-order valence-corrected chi connectivity index (χ0v) is 41.6. The minimum atomic E-state index is -1.95. The van der Waals surface area contributed by atoms with Gasteiger partial charge >= 0.3 is 23.9 Å². The van der Waals surface area contributed by atoms with E-state index in [-0.39, 0.29) is 99.8 Å². The Bertz CT molecular complexity index is 2680. The third kappa shape index (κ3) is 12.4. The molecule has 1 saturated heterocycles. The van der Waals surface area contributed by atoms with Crippen molar-refractivity contribution >= 4 is 68.8 Å². The Morgan fingerprint density at radius 1 is 0.634 bits per heavy atom. The molecule has 24 heteroatoms. The van der Waals surface area contributed by atoms with Crippen LogP contribution in [-0.2, 0) is 43.9 Å². The summed E-state index contributed by atoms with van der Waals surface area (Å²) < 4.78 is 31.1. The minimum absolute atomic E-state index is 0.0183. The van der Waals surface area contributed by atoms with Crippen LogP contribution in [0.2, 0.25) is 0 Å². The van der Waals surface area contributed by atoms with E-state index in [1.807, 2.05) is 0 Å². The number of aromatic amines is 2. The number of esters is 4. The van der Waals surface area contributed by atoms with Crippen LogP contribution >= 0.6 is 21.6 Å². The third-order valence-electron chi connectivity index (χ3n) is 11.2. The number of amides is 2. The standard InChI is InChI=1S/C47H54N6O16S2/c1-25-21-32(45(60)64-5)50-36(25)34-27(43(58)62-3)22-30(48-37(34)26(2)54)41(56)52-68-15-11-7-9-13-19-70-71-20-14-10-8-12-16-69-53-42(57)31-23-28(44(59)63-4)35-38-29(24-33(51-38)46(61)65-6)47(66-17-18-67-47)40(55)39(35)49-31/h21-24,50-51H,7-20H2,1-6H3,(H,52,56)(H,53,57). The number of pyridine rings is 2. The fourth-order valence-electron chi connectivity index (χ4n) is 7.77. The zero-order valence-electron chi connectivity index (χ0n) is 40.0.